The van der Waals surface area contributed by atoms with Gasteiger partial charge in [-0.05, 0) is 24.6 Å². The van der Waals surface area contributed by atoms with Crippen LogP contribution in [0.1, 0.15) is 25.3 Å². The Kier molecular flexibility index (Phi) is 6.43. The summed E-state index contributed by atoms with van der Waals surface area (Å²) < 4.78 is 10.7. The van der Waals surface area contributed by atoms with Crippen LogP contribution in [0.15, 0.2) is 28.7 Å². The lowest BCUT2D eigenvalue weighted by Gasteiger charge is -2.05. The fourth-order valence-corrected chi connectivity index (χ4v) is 1.52. The van der Waals surface area contributed by atoms with E-state index >= 15 is 0 Å². The molecule has 0 unspecified atom stereocenters. The Labute approximate surface area is 114 Å². The zero-order valence-electron chi connectivity index (χ0n) is 10.1. The molecule has 1 rings (SSSR count). The van der Waals surface area contributed by atoms with E-state index in [-0.39, 0.29) is 25.4 Å². The van der Waals surface area contributed by atoms with Crippen LogP contribution in [0, 0.1) is 0 Å². The standard InChI is InChI=1S/C13H15BrO4/c1-2-17-12(15)7-8-13(16)18-9-10-3-5-11(14)6-4-10/h3-6H,2,7-9H2,1H3. The average molecular weight is 315 g/mol. The SMILES string of the molecule is CCOC(=O)CCC(=O)OCc1ccc(Br)cc1. The number of ether oxygens (including phenoxy) is 2. The van der Waals surface area contributed by atoms with Gasteiger partial charge in [-0.2, -0.15) is 0 Å². The molecule has 0 spiro atoms. The van der Waals surface area contributed by atoms with Gasteiger partial charge >= 0.3 is 11.9 Å². The van der Waals surface area contributed by atoms with E-state index in [1.165, 1.54) is 0 Å². The Morgan fingerprint density at radius 3 is 2.17 bits per heavy atom. The van der Waals surface area contributed by atoms with Gasteiger partial charge in [0.15, 0.2) is 0 Å². The molecule has 4 nitrogen and oxygen atoms in total. The number of carbonyl (C=O) groups excluding carboxylic acids is 2. The second-order valence-corrected chi connectivity index (χ2v) is 4.51. The monoisotopic (exact) mass is 314 g/mol. The van der Waals surface area contributed by atoms with Gasteiger partial charge in [0.2, 0.25) is 0 Å². The van der Waals surface area contributed by atoms with Crippen LogP contribution in [0.4, 0.5) is 0 Å². The highest BCUT2D eigenvalue weighted by Gasteiger charge is 2.08. The molecule has 0 N–H and O–H groups in total. The molecular weight excluding hydrogens is 300 g/mol. The fourth-order valence-electron chi connectivity index (χ4n) is 1.25. The van der Waals surface area contributed by atoms with Crippen LogP contribution >= 0.6 is 15.9 Å². The average Bonchev–Trinajstić information content (AvgIpc) is 2.36. The molecule has 0 heterocycles. The summed E-state index contributed by atoms with van der Waals surface area (Å²) in [6, 6.07) is 7.48. The maximum absolute atomic E-state index is 11.4. The minimum absolute atomic E-state index is 0.0510. The van der Waals surface area contributed by atoms with Gasteiger partial charge in [-0.3, -0.25) is 9.59 Å². The van der Waals surface area contributed by atoms with E-state index in [9.17, 15) is 9.59 Å². The molecule has 0 fully saturated rings. The molecule has 0 bridgehead atoms. The van der Waals surface area contributed by atoms with Crippen LogP contribution in [0.5, 0.6) is 0 Å². The molecule has 0 saturated carbocycles. The zero-order valence-corrected chi connectivity index (χ0v) is 11.7. The van der Waals surface area contributed by atoms with Crippen LogP contribution < -0.4 is 0 Å². The van der Waals surface area contributed by atoms with E-state index < -0.39 is 5.97 Å². The molecule has 0 aliphatic rings. The topological polar surface area (TPSA) is 52.6 Å². The van der Waals surface area contributed by atoms with Gasteiger partial charge in [-0.25, -0.2) is 0 Å². The summed E-state index contributed by atoms with van der Waals surface area (Å²) in [5.41, 5.74) is 0.905. The summed E-state index contributed by atoms with van der Waals surface area (Å²) in [7, 11) is 0. The van der Waals surface area contributed by atoms with Crippen LogP contribution in [0.25, 0.3) is 0 Å². The van der Waals surface area contributed by atoms with E-state index in [4.69, 9.17) is 9.47 Å². The van der Waals surface area contributed by atoms with Gasteiger partial charge in [-0.1, -0.05) is 28.1 Å². The number of rotatable bonds is 6. The van der Waals surface area contributed by atoms with Crippen molar-refractivity contribution in [1.82, 2.24) is 0 Å². The van der Waals surface area contributed by atoms with E-state index in [1.54, 1.807) is 6.92 Å². The van der Waals surface area contributed by atoms with Crippen molar-refractivity contribution in [2.24, 2.45) is 0 Å². The predicted octanol–water partition coefficient (Wildman–Crippen LogP) is 2.84. The molecule has 1 aromatic carbocycles. The van der Waals surface area contributed by atoms with E-state index in [1.807, 2.05) is 24.3 Å². The van der Waals surface area contributed by atoms with E-state index in [2.05, 4.69) is 15.9 Å². The first-order chi connectivity index (χ1) is 8.61. The van der Waals surface area contributed by atoms with Gasteiger partial charge in [0.05, 0.1) is 19.4 Å². The molecule has 0 radical (unpaired) electrons. The third-order valence-corrected chi connectivity index (χ3v) is 2.68. The third kappa shape index (κ3) is 5.82. The van der Waals surface area contributed by atoms with Crippen molar-refractivity contribution in [3.8, 4) is 0 Å². The molecule has 0 atom stereocenters. The second kappa shape index (κ2) is 7.87. The predicted molar refractivity (Wildman–Crippen MR) is 69.8 cm³/mol. The number of esters is 2. The first kappa shape index (κ1) is 14.7. The van der Waals surface area contributed by atoms with Crippen molar-refractivity contribution in [1.29, 1.82) is 0 Å². The second-order valence-electron chi connectivity index (χ2n) is 3.59. The number of halogens is 1. The molecule has 0 saturated heterocycles. The number of hydrogen-bond donors (Lipinski definition) is 0. The molecule has 98 valence electrons. The van der Waals surface area contributed by atoms with Gasteiger partial charge in [-0.15, -0.1) is 0 Å². The molecular formula is C13H15BrO4. The molecule has 18 heavy (non-hydrogen) atoms. The van der Waals surface area contributed by atoms with Gasteiger partial charge in [0.1, 0.15) is 6.61 Å². The Morgan fingerprint density at radius 2 is 1.61 bits per heavy atom. The van der Waals surface area contributed by atoms with Crippen molar-refractivity contribution in [3.63, 3.8) is 0 Å². The minimum atomic E-state index is -0.397. The van der Waals surface area contributed by atoms with Gasteiger partial charge in [0, 0.05) is 4.47 Å². The van der Waals surface area contributed by atoms with E-state index in [0.29, 0.717) is 6.61 Å². The Morgan fingerprint density at radius 1 is 1.06 bits per heavy atom. The molecule has 0 amide bonds. The largest absolute Gasteiger partial charge is 0.466 e. The number of hydrogen-bond acceptors (Lipinski definition) is 4. The van der Waals surface area contributed by atoms with Gasteiger partial charge < -0.3 is 9.47 Å². The molecule has 0 aromatic heterocycles. The highest BCUT2D eigenvalue weighted by Crippen LogP contribution is 2.11. The van der Waals surface area contributed by atoms with Crippen molar-refractivity contribution in [2.45, 2.75) is 26.4 Å². The molecule has 0 aliphatic heterocycles. The quantitative estimate of drug-likeness (QED) is 0.758. The van der Waals surface area contributed by atoms with Crippen molar-refractivity contribution in [3.05, 3.63) is 34.3 Å². The first-order valence-corrected chi connectivity index (χ1v) is 6.46. The third-order valence-electron chi connectivity index (χ3n) is 2.15. The normalized spacial score (nSPS) is 9.89. The summed E-state index contributed by atoms with van der Waals surface area (Å²) in [6.07, 6.45) is 0.113. The maximum Gasteiger partial charge on any atom is 0.306 e. The fraction of sp³-hybridized carbons (Fsp3) is 0.385. The van der Waals surface area contributed by atoms with Gasteiger partial charge in [0.25, 0.3) is 0 Å². The lowest BCUT2D eigenvalue weighted by Crippen LogP contribution is -2.10. The van der Waals surface area contributed by atoms with Crippen molar-refractivity contribution >= 4 is 27.9 Å². The summed E-state index contributed by atoms with van der Waals surface area (Å²) in [5, 5.41) is 0. The van der Waals surface area contributed by atoms with Crippen LogP contribution in [0.2, 0.25) is 0 Å². The number of benzene rings is 1. The van der Waals surface area contributed by atoms with Crippen LogP contribution in [-0.2, 0) is 25.7 Å². The zero-order chi connectivity index (χ0) is 13.4. The Balaban J connectivity index is 2.24. The van der Waals surface area contributed by atoms with Crippen LogP contribution in [0.3, 0.4) is 0 Å². The Bertz CT molecular complexity index is 400. The first-order valence-electron chi connectivity index (χ1n) is 5.67. The lowest BCUT2D eigenvalue weighted by atomic mass is 10.2. The summed E-state index contributed by atoms with van der Waals surface area (Å²) in [6.45, 7) is 2.27. The van der Waals surface area contributed by atoms with E-state index in [0.717, 1.165) is 10.0 Å². The lowest BCUT2D eigenvalue weighted by molar-refractivity contribution is -0.150. The highest BCUT2D eigenvalue weighted by atomic mass is 79.9. The molecule has 5 heteroatoms. The molecule has 0 aliphatic carbocycles. The Hall–Kier alpha value is -1.36. The van der Waals surface area contributed by atoms with Crippen molar-refractivity contribution < 1.29 is 19.1 Å². The van der Waals surface area contributed by atoms with Crippen molar-refractivity contribution in [2.75, 3.05) is 6.61 Å². The maximum atomic E-state index is 11.4. The minimum Gasteiger partial charge on any atom is -0.466 e. The van der Waals surface area contributed by atoms with Crippen LogP contribution in [-0.4, -0.2) is 18.5 Å². The molecule has 1 aromatic rings. The smallest absolute Gasteiger partial charge is 0.306 e. The number of carbonyl (C=O) groups is 2. The summed E-state index contributed by atoms with van der Waals surface area (Å²) >= 11 is 3.32. The summed E-state index contributed by atoms with van der Waals surface area (Å²) in [4.78, 5) is 22.4. The summed E-state index contributed by atoms with van der Waals surface area (Å²) in [5.74, 6) is -0.774. The highest BCUT2D eigenvalue weighted by molar-refractivity contribution is 9.10.